The van der Waals surface area contributed by atoms with Crippen molar-refractivity contribution in [2.24, 2.45) is 0 Å². The monoisotopic (exact) mass is 341 g/mol. The van der Waals surface area contributed by atoms with Crippen LogP contribution in [0.5, 0.6) is 0 Å². The van der Waals surface area contributed by atoms with Crippen LogP contribution in [0, 0.1) is 0 Å². The molecule has 106 valence electrons. The van der Waals surface area contributed by atoms with E-state index in [0.29, 0.717) is 0 Å². The van der Waals surface area contributed by atoms with Crippen LogP contribution in [0.2, 0.25) is 0 Å². The summed E-state index contributed by atoms with van der Waals surface area (Å²) in [5.74, 6) is 0. The van der Waals surface area contributed by atoms with Crippen molar-refractivity contribution in [1.82, 2.24) is 4.98 Å². The molecule has 0 fully saturated rings. The number of para-hydroxylation sites is 1. The molecule has 3 nitrogen and oxygen atoms in total. The van der Waals surface area contributed by atoms with E-state index in [4.69, 9.17) is 5.73 Å². The van der Waals surface area contributed by atoms with Crippen molar-refractivity contribution in [3.63, 3.8) is 0 Å². The second-order valence-corrected chi connectivity index (χ2v) is 5.76. The van der Waals surface area contributed by atoms with Crippen molar-refractivity contribution in [2.75, 3.05) is 17.6 Å². The van der Waals surface area contributed by atoms with Gasteiger partial charge in [0.1, 0.15) is 0 Å². The molecule has 3 N–H and O–H groups in total. The molecule has 2 aromatic carbocycles. The van der Waals surface area contributed by atoms with Gasteiger partial charge < -0.3 is 11.1 Å². The third kappa shape index (κ3) is 3.16. The number of fused-ring (bicyclic) bond motifs is 1. The fourth-order valence-corrected chi connectivity index (χ4v) is 2.91. The second-order valence-electron chi connectivity index (χ2n) is 4.91. The number of hydrogen-bond donors (Lipinski definition) is 2. The Morgan fingerprint density at radius 1 is 1.10 bits per heavy atom. The Labute approximate surface area is 132 Å². The van der Waals surface area contributed by atoms with E-state index >= 15 is 0 Å². The number of halogens is 1. The molecule has 21 heavy (non-hydrogen) atoms. The van der Waals surface area contributed by atoms with Crippen molar-refractivity contribution in [3.8, 4) is 0 Å². The molecule has 1 heterocycles. The Morgan fingerprint density at radius 3 is 2.81 bits per heavy atom. The number of nitrogen functional groups attached to an aromatic ring is 1. The summed E-state index contributed by atoms with van der Waals surface area (Å²) in [6.45, 7) is 0.845. The predicted octanol–water partition coefficient (Wildman–Crippen LogP) is 4.23. The number of nitrogens with two attached hydrogens (primary N) is 1. The number of hydrogen-bond acceptors (Lipinski definition) is 3. The molecule has 0 aliphatic heterocycles. The van der Waals surface area contributed by atoms with E-state index in [1.165, 1.54) is 10.9 Å². The van der Waals surface area contributed by atoms with Gasteiger partial charge in [-0.1, -0.05) is 24.3 Å². The van der Waals surface area contributed by atoms with Gasteiger partial charge >= 0.3 is 0 Å². The molecule has 0 saturated carbocycles. The molecule has 3 aromatic rings. The summed E-state index contributed by atoms with van der Waals surface area (Å²) >= 11 is 3.52. The molecule has 3 rings (SSSR count). The summed E-state index contributed by atoms with van der Waals surface area (Å²) in [6.07, 6.45) is 2.76. The topological polar surface area (TPSA) is 50.9 Å². The standard InChI is InChI=1S/C17H16BrN3/c18-15-11-14(19)6-7-16(15)20-10-8-13-4-1-3-12-5-2-9-21-17(12)13/h1-7,9,11,20H,8,10,19H2. The lowest BCUT2D eigenvalue weighted by molar-refractivity contribution is 1.02. The zero-order valence-electron chi connectivity index (χ0n) is 11.5. The quantitative estimate of drug-likeness (QED) is 0.698. The Morgan fingerprint density at radius 2 is 1.95 bits per heavy atom. The molecule has 0 unspecified atom stereocenters. The number of benzene rings is 2. The first-order valence-electron chi connectivity index (χ1n) is 6.85. The summed E-state index contributed by atoms with van der Waals surface area (Å²) in [5, 5.41) is 4.61. The maximum absolute atomic E-state index is 5.74. The molecule has 0 aliphatic rings. The predicted molar refractivity (Wildman–Crippen MR) is 92.5 cm³/mol. The van der Waals surface area contributed by atoms with Crippen molar-refractivity contribution in [2.45, 2.75) is 6.42 Å². The fraction of sp³-hybridized carbons (Fsp3) is 0.118. The highest BCUT2D eigenvalue weighted by atomic mass is 79.9. The van der Waals surface area contributed by atoms with E-state index in [1.54, 1.807) is 0 Å². The maximum atomic E-state index is 5.74. The highest BCUT2D eigenvalue weighted by Gasteiger charge is 2.03. The smallest absolute Gasteiger partial charge is 0.0734 e. The highest BCUT2D eigenvalue weighted by Crippen LogP contribution is 2.24. The lowest BCUT2D eigenvalue weighted by Gasteiger charge is -2.10. The molecule has 0 amide bonds. The minimum atomic E-state index is 0.755. The van der Waals surface area contributed by atoms with Gasteiger partial charge in [-0.05, 0) is 52.2 Å². The van der Waals surface area contributed by atoms with Crippen LogP contribution in [-0.4, -0.2) is 11.5 Å². The van der Waals surface area contributed by atoms with E-state index < -0.39 is 0 Å². The first-order valence-corrected chi connectivity index (χ1v) is 7.65. The van der Waals surface area contributed by atoms with E-state index in [0.717, 1.165) is 34.3 Å². The summed E-state index contributed by atoms with van der Waals surface area (Å²) in [5.41, 5.74) is 9.89. The van der Waals surface area contributed by atoms with E-state index in [1.807, 2.05) is 30.5 Å². The van der Waals surface area contributed by atoms with Gasteiger partial charge in [0.25, 0.3) is 0 Å². The van der Waals surface area contributed by atoms with Crippen LogP contribution in [-0.2, 0) is 6.42 Å². The maximum Gasteiger partial charge on any atom is 0.0734 e. The number of rotatable bonds is 4. The van der Waals surface area contributed by atoms with Crippen LogP contribution >= 0.6 is 15.9 Å². The van der Waals surface area contributed by atoms with Gasteiger partial charge in [0, 0.05) is 34.0 Å². The molecule has 0 radical (unpaired) electrons. The van der Waals surface area contributed by atoms with Crippen LogP contribution in [0.25, 0.3) is 10.9 Å². The zero-order chi connectivity index (χ0) is 14.7. The Kier molecular flexibility index (Phi) is 4.06. The third-order valence-corrected chi connectivity index (χ3v) is 4.08. The van der Waals surface area contributed by atoms with Gasteiger partial charge in [-0.3, -0.25) is 4.98 Å². The fourth-order valence-electron chi connectivity index (χ4n) is 2.38. The van der Waals surface area contributed by atoms with Gasteiger partial charge in [0.15, 0.2) is 0 Å². The van der Waals surface area contributed by atoms with Crippen molar-refractivity contribution < 1.29 is 0 Å². The number of aromatic nitrogens is 1. The van der Waals surface area contributed by atoms with Gasteiger partial charge in [-0.25, -0.2) is 0 Å². The van der Waals surface area contributed by atoms with E-state index in [-0.39, 0.29) is 0 Å². The molecule has 0 aliphatic carbocycles. The van der Waals surface area contributed by atoms with Gasteiger partial charge in [0.05, 0.1) is 5.52 Å². The van der Waals surface area contributed by atoms with Gasteiger partial charge in [-0.2, -0.15) is 0 Å². The van der Waals surface area contributed by atoms with Crippen molar-refractivity contribution in [3.05, 3.63) is 64.8 Å². The Bertz CT molecular complexity index is 766. The average Bonchev–Trinajstić information content (AvgIpc) is 2.50. The van der Waals surface area contributed by atoms with Crippen LogP contribution in [0.15, 0.2) is 59.2 Å². The van der Waals surface area contributed by atoms with Crippen LogP contribution in [0.1, 0.15) is 5.56 Å². The number of nitrogens with one attached hydrogen (secondary N) is 1. The average molecular weight is 342 g/mol. The first kappa shape index (κ1) is 13.9. The Balaban J connectivity index is 1.72. The summed E-state index contributed by atoms with van der Waals surface area (Å²) in [7, 11) is 0. The zero-order valence-corrected chi connectivity index (χ0v) is 13.1. The summed E-state index contributed by atoms with van der Waals surface area (Å²) in [4.78, 5) is 4.48. The van der Waals surface area contributed by atoms with Gasteiger partial charge in [-0.15, -0.1) is 0 Å². The Hall–Kier alpha value is -2.07. The summed E-state index contributed by atoms with van der Waals surface area (Å²) in [6, 6.07) is 16.2. The molecule has 0 saturated heterocycles. The summed E-state index contributed by atoms with van der Waals surface area (Å²) < 4.78 is 0.985. The first-order chi connectivity index (χ1) is 10.2. The number of pyridine rings is 1. The number of anilines is 2. The van der Waals surface area contributed by atoms with Gasteiger partial charge in [0.2, 0.25) is 0 Å². The SMILES string of the molecule is Nc1ccc(NCCc2cccc3cccnc23)c(Br)c1. The molecular weight excluding hydrogens is 326 g/mol. The van der Waals surface area contributed by atoms with Crippen LogP contribution < -0.4 is 11.1 Å². The highest BCUT2D eigenvalue weighted by molar-refractivity contribution is 9.10. The largest absolute Gasteiger partial charge is 0.399 e. The number of nitrogens with zero attached hydrogens (tertiary/aromatic N) is 1. The lowest BCUT2D eigenvalue weighted by Crippen LogP contribution is -2.06. The minimum absolute atomic E-state index is 0.755. The van der Waals surface area contributed by atoms with Crippen LogP contribution in [0.4, 0.5) is 11.4 Å². The van der Waals surface area contributed by atoms with Crippen molar-refractivity contribution in [1.29, 1.82) is 0 Å². The molecule has 4 heteroatoms. The van der Waals surface area contributed by atoms with Crippen molar-refractivity contribution >= 4 is 38.2 Å². The molecular formula is C17H16BrN3. The second kappa shape index (κ2) is 6.14. The normalized spacial score (nSPS) is 10.7. The molecule has 0 spiro atoms. The molecule has 0 atom stereocenters. The third-order valence-electron chi connectivity index (χ3n) is 3.42. The lowest BCUT2D eigenvalue weighted by atomic mass is 10.1. The van der Waals surface area contributed by atoms with E-state index in [2.05, 4.69) is 50.5 Å². The molecule has 0 bridgehead atoms. The van der Waals surface area contributed by atoms with E-state index in [9.17, 15) is 0 Å². The van der Waals surface area contributed by atoms with Crippen LogP contribution in [0.3, 0.4) is 0 Å². The molecule has 1 aromatic heterocycles. The minimum Gasteiger partial charge on any atom is -0.399 e.